The third kappa shape index (κ3) is 9.02. The minimum atomic E-state index is -0.256. The molecule has 0 saturated carbocycles. The lowest BCUT2D eigenvalue weighted by atomic mass is 10.1. The van der Waals surface area contributed by atoms with Crippen molar-refractivity contribution in [2.45, 2.75) is 39.2 Å². The van der Waals surface area contributed by atoms with Crippen LogP contribution in [0.15, 0.2) is 11.2 Å². The van der Waals surface area contributed by atoms with E-state index in [9.17, 15) is 9.59 Å². The summed E-state index contributed by atoms with van der Waals surface area (Å²) >= 11 is 1.68. The number of nitrogens with one attached hydrogen (secondary N) is 2. The number of thiazole rings is 1. The Kier molecular flexibility index (Phi) is 12.0. The van der Waals surface area contributed by atoms with Crippen molar-refractivity contribution >= 4 is 53.3 Å². The molecule has 1 aliphatic heterocycles. The molecule has 0 atom stereocenters. The van der Waals surface area contributed by atoms with Gasteiger partial charge in [-0.15, -0.1) is 35.3 Å². The first-order valence-corrected chi connectivity index (χ1v) is 10.8. The standard InChI is InChI=1S/C19H32N6O3S.HI/c1-5-28-19(27)25-10-7-15(8-11-25)23-18(22-13-17(26)24(3)4)20-9-6-16-21-12-14(2)29-16;/h12,15H,5-11,13H2,1-4H3,(H2,20,22,23);1H. The summed E-state index contributed by atoms with van der Waals surface area (Å²) in [4.78, 5) is 37.0. The minimum Gasteiger partial charge on any atom is -0.450 e. The largest absolute Gasteiger partial charge is 0.450 e. The van der Waals surface area contributed by atoms with Crippen LogP contribution in [0.2, 0.25) is 0 Å². The molecule has 1 fully saturated rings. The second kappa shape index (κ2) is 13.6. The second-order valence-electron chi connectivity index (χ2n) is 7.10. The Hall–Kier alpha value is -1.63. The summed E-state index contributed by atoms with van der Waals surface area (Å²) in [6.45, 7) is 6.27. The quantitative estimate of drug-likeness (QED) is 0.305. The topological polar surface area (TPSA) is 99.2 Å². The van der Waals surface area contributed by atoms with Gasteiger partial charge in [0.2, 0.25) is 5.91 Å². The molecular formula is C19H33IN6O3S. The Morgan fingerprint density at radius 1 is 1.37 bits per heavy atom. The van der Waals surface area contributed by atoms with E-state index in [0.717, 1.165) is 24.3 Å². The summed E-state index contributed by atoms with van der Waals surface area (Å²) < 4.78 is 5.07. The third-order valence-electron chi connectivity index (χ3n) is 4.53. The fourth-order valence-electron chi connectivity index (χ4n) is 2.86. The number of carbonyl (C=O) groups is 2. The van der Waals surface area contributed by atoms with Crippen LogP contribution in [-0.4, -0.2) is 85.7 Å². The van der Waals surface area contributed by atoms with Gasteiger partial charge >= 0.3 is 6.09 Å². The first-order chi connectivity index (χ1) is 13.9. The maximum atomic E-state index is 11.9. The van der Waals surface area contributed by atoms with E-state index in [2.05, 4.69) is 20.6 Å². The Balaban J connectivity index is 0.00000450. The number of likely N-dealkylation sites (tertiary alicyclic amines) is 1. The van der Waals surface area contributed by atoms with Gasteiger partial charge in [0, 0.05) is 57.3 Å². The smallest absolute Gasteiger partial charge is 0.409 e. The molecule has 2 rings (SSSR count). The zero-order chi connectivity index (χ0) is 21.2. The number of hydrogen-bond donors (Lipinski definition) is 2. The number of ether oxygens (including phenoxy) is 1. The van der Waals surface area contributed by atoms with E-state index in [1.807, 2.05) is 20.0 Å². The van der Waals surface area contributed by atoms with Gasteiger partial charge in [0.05, 0.1) is 11.6 Å². The number of rotatable bonds is 7. The summed E-state index contributed by atoms with van der Waals surface area (Å²) in [5.41, 5.74) is 0. The maximum Gasteiger partial charge on any atom is 0.409 e. The number of carbonyl (C=O) groups excluding carboxylic acids is 2. The second-order valence-corrected chi connectivity index (χ2v) is 8.42. The number of guanidine groups is 1. The van der Waals surface area contributed by atoms with Crippen LogP contribution in [0.5, 0.6) is 0 Å². The predicted octanol–water partition coefficient (Wildman–Crippen LogP) is 1.86. The summed E-state index contributed by atoms with van der Waals surface area (Å²) in [5, 5.41) is 7.78. The van der Waals surface area contributed by atoms with Gasteiger partial charge < -0.3 is 25.2 Å². The van der Waals surface area contributed by atoms with Crippen LogP contribution in [0, 0.1) is 6.92 Å². The molecule has 11 heteroatoms. The van der Waals surface area contributed by atoms with Gasteiger partial charge in [-0.2, -0.15) is 0 Å². The van der Waals surface area contributed by atoms with Gasteiger partial charge in [0.1, 0.15) is 6.54 Å². The average Bonchev–Trinajstić information content (AvgIpc) is 3.11. The highest BCUT2D eigenvalue weighted by Crippen LogP contribution is 2.12. The molecule has 1 aromatic rings. The number of likely N-dealkylation sites (N-methyl/N-ethyl adjacent to an activating group) is 1. The molecule has 0 spiro atoms. The van der Waals surface area contributed by atoms with Gasteiger partial charge in [-0.1, -0.05) is 0 Å². The Bertz CT molecular complexity index is 704. The number of hydrogen-bond acceptors (Lipinski definition) is 6. The molecule has 1 aliphatic rings. The molecule has 1 saturated heterocycles. The van der Waals surface area contributed by atoms with E-state index in [-0.39, 0.29) is 48.6 Å². The molecule has 0 aromatic carbocycles. The number of amides is 2. The zero-order valence-corrected chi connectivity index (χ0v) is 21.3. The molecule has 0 aliphatic carbocycles. The van der Waals surface area contributed by atoms with E-state index in [4.69, 9.17) is 4.74 Å². The molecule has 1 aromatic heterocycles. The van der Waals surface area contributed by atoms with E-state index in [0.29, 0.717) is 32.2 Å². The average molecular weight is 552 g/mol. The molecule has 0 radical (unpaired) electrons. The van der Waals surface area contributed by atoms with Crippen molar-refractivity contribution < 1.29 is 14.3 Å². The summed E-state index contributed by atoms with van der Waals surface area (Å²) in [6.07, 6.45) is 4.01. The van der Waals surface area contributed by atoms with Crippen molar-refractivity contribution in [3.63, 3.8) is 0 Å². The first-order valence-electron chi connectivity index (χ1n) is 9.97. The maximum absolute atomic E-state index is 11.9. The van der Waals surface area contributed by atoms with Crippen LogP contribution < -0.4 is 10.6 Å². The van der Waals surface area contributed by atoms with E-state index < -0.39 is 0 Å². The Morgan fingerprint density at radius 2 is 2.07 bits per heavy atom. The molecular weight excluding hydrogens is 519 g/mol. The van der Waals surface area contributed by atoms with Gasteiger partial charge in [-0.3, -0.25) is 4.79 Å². The first kappa shape index (κ1) is 26.4. The lowest BCUT2D eigenvalue weighted by molar-refractivity contribution is -0.127. The van der Waals surface area contributed by atoms with E-state index >= 15 is 0 Å². The van der Waals surface area contributed by atoms with Gasteiger partial charge in [-0.05, 0) is 26.7 Å². The lowest BCUT2D eigenvalue weighted by Crippen LogP contribution is -2.50. The summed E-state index contributed by atoms with van der Waals surface area (Å²) in [5.74, 6) is 0.557. The Morgan fingerprint density at radius 3 is 2.63 bits per heavy atom. The third-order valence-corrected chi connectivity index (χ3v) is 5.51. The van der Waals surface area contributed by atoms with Crippen molar-refractivity contribution in [3.8, 4) is 0 Å². The fourth-order valence-corrected chi connectivity index (χ4v) is 3.65. The number of aryl methyl sites for hydroxylation is 1. The van der Waals surface area contributed by atoms with Crippen LogP contribution in [0.4, 0.5) is 4.79 Å². The molecule has 2 heterocycles. The zero-order valence-electron chi connectivity index (χ0n) is 18.1. The monoisotopic (exact) mass is 552 g/mol. The van der Waals surface area contributed by atoms with Crippen LogP contribution in [0.1, 0.15) is 29.7 Å². The van der Waals surface area contributed by atoms with Gasteiger partial charge in [0.25, 0.3) is 0 Å². The SMILES string of the molecule is CCOC(=O)N1CCC(NC(=NCC(=O)N(C)C)NCCc2ncc(C)s2)CC1.I. The molecule has 2 amide bonds. The van der Waals surface area contributed by atoms with Crippen LogP contribution in [0.25, 0.3) is 0 Å². The van der Waals surface area contributed by atoms with Gasteiger partial charge in [-0.25, -0.2) is 14.8 Å². The molecule has 2 N–H and O–H groups in total. The highest BCUT2D eigenvalue weighted by Gasteiger charge is 2.24. The fraction of sp³-hybridized carbons (Fsp3) is 0.684. The molecule has 30 heavy (non-hydrogen) atoms. The number of halogens is 1. The van der Waals surface area contributed by atoms with Gasteiger partial charge in [0.15, 0.2) is 5.96 Å². The normalized spacial score (nSPS) is 14.7. The van der Waals surface area contributed by atoms with Crippen LogP contribution >= 0.6 is 35.3 Å². The minimum absolute atomic E-state index is 0. The lowest BCUT2D eigenvalue weighted by Gasteiger charge is -2.32. The summed E-state index contributed by atoms with van der Waals surface area (Å²) in [7, 11) is 3.43. The predicted molar refractivity (Wildman–Crippen MR) is 130 cm³/mol. The molecule has 0 unspecified atom stereocenters. The van der Waals surface area contributed by atoms with E-state index in [1.165, 1.54) is 9.78 Å². The van der Waals surface area contributed by atoms with Crippen LogP contribution in [-0.2, 0) is 16.0 Å². The van der Waals surface area contributed by atoms with Crippen molar-refractivity contribution in [2.75, 3.05) is 46.9 Å². The number of piperidine rings is 1. The van der Waals surface area contributed by atoms with E-state index in [1.54, 1.807) is 30.3 Å². The van der Waals surface area contributed by atoms with Crippen molar-refractivity contribution in [1.82, 2.24) is 25.4 Å². The number of nitrogens with zero attached hydrogens (tertiary/aromatic N) is 4. The number of aliphatic imine (C=N–C) groups is 1. The highest BCUT2D eigenvalue weighted by molar-refractivity contribution is 14.0. The Labute approximate surface area is 199 Å². The highest BCUT2D eigenvalue weighted by atomic mass is 127. The molecule has 0 bridgehead atoms. The van der Waals surface area contributed by atoms with Crippen LogP contribution in [0.3, 0.4) is 0 Å². The molecule has 170 valence electrons. The van der Waals surface area contributed by atoms with Crippen molar-refractivity contribution in [3.05, 3.63) is 16.1 Å². The number of aromatic nitrogens is 1. The summed E-state index contributed by atoms with van der Waals surface area (Å²) in [6, 6.07) is 0.184. The molecule has 9 nitrogen and oxygen atoms in total. The van der Waals surface area contributed by atoms with Crippen molar-refractivity contribution in [1.29, 1.82) is 0 Å². The van der Waals surface area contributed by atoms with Crippen molar-refractivity contribution in [2.24, 2.45) is 4.99 Å².